The fourth-order valence-corrected chi connectivity index (χ4v) is 2.60. The van der Waals surface area contributed by atoms with E-state index in [-0.39, 0.29) is 5.91 Å². The molecule has 0 aliphatic heterocycles. The monoisotopic (exact) mass is 331 g/mol. The predicted octanol–water partition coefficient (Wildman–Crippen LogP) is 5.06. The molecule has 0 aromatic heterocycles. The molecule has 4 heteroatoms. The van der Waals surface area contributed by atoms with Gasteiger partial charge in [0.25, 0.3) is 5.91 Å². The van der Waals surface area contributed by atoms with E-state index in [2.05, 4.69) is 11.4 Å². The minimum Gasteiger partial charge on any atom is -0.481 e. The third-order valence-electron chi connectivity index (χ3n) is 3.59. The molecule has 0 unspecified atom stereocenters. The number of anilines is 1. The number of aryl methyl sites for hydroxylation is 3. The number of hydrogen-bond acceptors (Lipinski definition) is 2. The van der Waals surface area contributed by atoms with E-state index in [9.17, 15) is 4.79 Å². The van der Waals surface area contributed by atoms with Crippen molar-refractivity contribution in [3.63, 3.8) is 0 Å². The molecule has 0 saturated heterocycles. The van der Waals surface area contributed by atoms with E-state index in [0.29, 0.717) is 22.9 Å². The second kappa shape index (κ2) is 7.51. The van der Waals surface area contributed by atoms with Crippen molar-refractivity contribution in [2.75, 3.05) is 5.32 Å². The summed E-state index contributed by atoms with van der Waals surface area (Å²) in [6.45, 7) is 7.88. The van der Waals surface area contributed by atoms with Crippen LogP contribution in [-0.2, 0) is 4.79 Å². The molecule has 0 radical (unpaired) electrons. The summed E-state index contributed by atoms with van der Waals surface area (Å²) in [4.78, 5) is 12.5. The van der Waals surface area contributed by atoms with E-state index < -0.39 is 6.10 Å². The zero-order chi connectivity index (χ0) is 17.0. The van der Waals surface area contributed by atoms with Gasteiger partial charge in [0.05, 0.1) is 0 Å². The van der Waals surface area contributed by atoms with Gasteiger partial charge in [0.15, 0.2) is 6.10 Å². The summed E-state index contributed by atoms with van der Waals surface area (Å²) >= 11 is 6.00. The van der Waals surface area contributed by atoms with Gasteiger partial charge in [-0.1, -0.05) is 30.7 Å². The zero-order valence-electron chi connectivity index (χ0n) is 13.9. The van der Waals surface area contributed by atoms with Crippen LogP contribution in [0.1, 0.15) is 30.0 Å². The number of amides is 1. The summed E-state index contributed by atoms with van der Waals surface area (Å²) < 4.78 is 5.88. The van der Waals surface area contributed by atoms with E-state index in [1.54, 1.807) is 12.1 Å². The Balaban J connectivity index is 2.13. The molecule has 0 bridgehead atoms. The molecule has 0 spiro atoms. The van der Waals surface area contributed by atoms with Crippen molar-refractivity contribution in [3.05, 3.63) is 58.1 Å². The maximum absolute atomic E-state index is 12.5. The van der Waals surface area contributed by atoms with Crippen LogP contribution in [0.5, 0.6) is 5.75 Å². The van der Waals surface area contributed by atoms with Crippen LogP contribution in [0.25, 0.3) is 0 Å². The molecule has 0 heterocycles. The molecule has 0 fully saturated rings. The third-order valence-corrected chi connectivity index (χ3v) is 3.83. The molecule has 2 rings (SSSR count). The lowest BCUT2D eigenvalue weighted by atomic mass is 10.1. The standard InChI is InChI=1S/C19H22ClNO2/c1-5-18(23-16-9-12(2)8-13(3)10-16)19(22)21-17-11-15(20)7-6-14(17)4/h6-11,18H,5H2,1-4H3,(H,21,22)/t18-/m0/s1. The number of carbonyl (C=O) groups is 1. The number of ether oxygens (including phenoxy) is 1. The van der Waals surface area contributed by atoms with Crippen molar-refractivity contribution < 1.29 is 9.53 Å². The molecule has 1 amide bonds. The molecule has 0 saturated carbocycles. The van der Waals surface area contributed by atoms with Crippen LogP contribution < -0.4 is 10.1 Å². The summed E-state index contributed by atoms with van der Waals surface area (Å²) in [5.74, 6) is 0.546. The van der Waals surface area contributed by atoms with Crippen molar-refractivity contribution in [2.45, 2.75) is 40.2 Å². The van der Waals surface area contributed by atoms with E-state index in [1.807, 2.05) is 45.9 Å². The van der Waals surface area contributed by atoms with Crippen LogP contribution in [0.2, 0.25) is 5.02 Å². The maximum Gasteiger partial charge on any atom is 0.265 e. The number of carbonyl (C=O) groups excluding carboxylic acids is 1. The van der Waals surface area contributed by atoms with E-state index in [1.165, 1.54) is 0 Å². The van der Waals surface area contributed by atoms with Gasteiger partial charge in [0.2, 0.25) is 0 Å². The summed E-state index contributed by atoms with van der Waals surface area (Å²) in [5.41, 5.74) is 3.90. The molecule has 2 aromatic carbocycles. The quantitative estimate of drug-likeness (QED) is 0.831. The van der Waals surface area contributed by atoms with E-state index in [4.69, 9.17) is 16.3 Å². The summed E-state index contributed by atoms with van der Waals surface area (Å²) in [6, 6.07) is 11.4. The first kappa shape index (κ1) is 17.4. The van der Waals surface area contributed by atoms with Crippen molar-refractivity contribution in [1.82, 2.24) is 0 Å². The topological polar surface area (TPSA) is 38.3 Å². The Morgan fingerprint density at radius 3 is 2.39 bits per heavy atom. The molecule has 0 aliphatic rings. The second-order valence-corrected chi connectivity index (χ2v) is 6.22. The summed E-state index contributed by atoms with van der Waals surface area (Å²) in [6.07, 6.45) is 0.0351. The molecule has 23 heavy (non-hydrogen) atoms. The third kappa shape index (κ3) is 4.73. The fourth-order valence-electron chi connectivity index (χ4n) is 2.43. The summed E-state index contributed by atoms with van der Waals surface area (Å²) in [5, 5.41) is 3.49. The van der Waals surface area contributed by atoms with Crippen LogP contribution in [0.4, 0.5) is 5.69 Å². The predicted molar refractivity (Wildman–Crippen MR) is 95.4 cm³/mol. The van der Waals surface area contributed by atoms with Crippen LogP contribution in [-0.4, -0.2) is 12.0 Å². The number of halogens is 1. The minimum atomic E-state index is -0.547. The highest BCUT2D eigenvalue weighted by atomic mass is 35.5. The van der Waals surface area contributed by atoms with Crippen molar-refractivity contribution in [3.8, 4) is 5.75 Å². The van der Waals surface area contributed by atoms with Crippen LogP contribution in [0.3, 0.4) is 0 Å². The highest BCUT2D eigenvalue weighted by Gasteiger charge is 2.19. The van der Waals surface area contributed by atoms with Crippen molar-refractivity contribution in [1.29, 1.82) is 0 Å². The van der Waals surface area contributed by atoms with Gasteiger partial charge >= 0.3 is 0 Å². The van der Waals surface area contributed by atoms with Gasteiger partial charge in [-0.25, -0.2) is 0 Å². The molecule has 1 N–H and O–H groups in total. The van der Waals surface area contributed by atoms with Crippen LogP contribution in [0.15, 0.2) is 36.4 Å². The lowest BCUT2D eigenvalue weighted by molar-refractivity contribution is -0.122. The smallest absolute Gasteiger partial charge is 0.265 e. The SMILES string of the molecule is CC[C@H](Oc1cc(C)cc(C)c1)C(=O)Nc1cc(Cl)ccc1C. The Morgan fingerprint density at radius 1 is 1.13 bits per heavy atom. The Morgan fingerprint density at radius 2 is 1.78 bits per heavy atom. The van der Waals surface area contributed by atoms with E-state index in [0.717, 1.165) is 16.7 Å². The largest absolute Gasteiger partial charge is 0.481 e. The van der Waals surface area contributed by atoms with Crippen LogP contribution >= 0.6 is 11.6 Å². The van der Waals surface area contributed by atoms with Gasteiger partial charge in [-0.3, -0.25) is 4.79 Å². The number of nitrogens with one attached hydrogen (secondary N) is 1. The van der Waals surface area contributed by atoms with Crippen LogP contribution in [0, 0.1) is 20.8 Å². The lowest BCUT2D eigenvalue weighted by Crippen LogP contribution is -2.32. The highest BCUT2D eigenvalue weighted by Crippen LogP contribution is 2.22. The minimum absolute atomic E-state index is 0.169. The first-order valence-electron chi connectivity index (χ1n) is 7.71. The van der Waals surface area contributed by atoms with Gasteiger partial charge in [0, 0.05) is 10.7 Å². The Labute approximate surface area is 142 Å². The fraction of sp³-hybridized carbons (Fsp3) is 0.316. The molecular formula is C19H22ClNO2. The molecular weight excluding hydrogens is 310 g/mol. The first-order valence-corrected chi connectivity index (χ1v) is 8.09. The van der Waals surface area contributed by atoms with Gasteiger partial charge in [-0.2, -0.15) is 0 Å². The van der Waals surface area contributed by atoms with Crippen molar-refractivity contribution >= 4 is 23.2 Å². The summed E-state index contributed by atoms with van der Waals surface area (Å²) in [7, 11) is 0. The first-order chi connectivity index (χ1) is 10.9. The van der Waals surface area contributed by atoms with Crippen molar-refractivity contribution in [2.24, 2.45) is 0 Å². The normalized spacial score (nSPS) is 11.9. The zero-order valence-corrected chi connectivity index (χ0v) is 14.7. The average molecular weight is 332 g/mol. The van der Waals surface area contributed by atoms with Gasteiger partial charge < -0.3 is 10.1 Å². The van der Waals surface area contributed by atoms with Gasteiger partial charge in [-0.05, 0) is 68.1 Å². The Hall–Kier alpha value is -2.00. The average Bonchev–Trinajstić information content (AvgIpc) is 2.47. The molecule has 1 atom stereocenters. The molecule has 2 aromatic rings. The molecule has 0 aliphatic carbocycles. The lowest BCUT2D eigenvalue weighted by Gasteiger charge is -2.19. The van der Waals surface area contributed by atoms with Gasteiger partial charge in [-0.15, -0.1) is 0 Å². The Bertz CT molecular complexity index is 692. The molecule has 3 nitrogen and oxygen atoms in total. The van der Waals surface area contributed by atoms with Gasteiger partial charge in [0.1, 0.15) is 5.75 Å². The van der Waals surface area contributed by atoms with E-state index >= 15 is 0 Å². The second-order valence-electron chi connectivity index (χ2n) is 5.79. The maximum atomic E-state index is 12.5. The molecule has 122 valence electrons. The number of hydrogen-bond donors (Lipinski definition) is 1. The number of benzene rings is 2. The Kier molecular flexibility index (Phi) is 5.67. The number of rotatable bonds is 5. The highest BCUT2D eigenvalue weighted by molar-refractivity contribution is 6.31.